The lowest BCUT2D eigenvalue weighted by molar-refractivity contribution is 0.469. The second kappa shape index (κ2) is 6.10. The third-order valence-corrected chi connectivity index (χ3v) is 2.55. The third kappa shape index (κ3) is 4.94. The number of hydrogen-bond acceptors (Lipinski definition) is 1. The fraction of sp³-hybridized carbons (Fsp3) is 0.444. The first-order valence-corrected chi connectivity index (χ1v) is 6.91. The molecule has 0 aliphatic rings. The smallest absolute Gasteiger partial charge is 0.123 e. The summed E-state index contributed by atoms with van der Waals surface area (Å²) in [7, 11) is 0. The predicted molar refractivity (Wildman–Crippen MR) is 84.8 cm³/mol. The highest BCUT2D eigenvalue weighted by Gasteiger charge is 2.06. The Kier molecular flexibility index (Phi) is 4.99. The van der Waals surface area contributed by atoms with Crippen LogP contribution in [0.4, 0.5) is 0 Å². The fourth-order valence-electron chi connectivity index (χ4n) is 1.82. The molecule has 0 unspecified atom stereocenters. The minimum absolute atomic E-state index is 0.366. The second-order valence-corrected chi connectivity index (χ2v) is 6.87. The second-order valence-electron chi connectivity index (χ2n) is 6.87. The number of rotatable bonds is 1. The molecule has 0 spiro atoms. The lowest BCUT2D eigenvalue weighted by Gasteiger charge is -2.10. The van der Waals surface area contributed by atoms with Gasteiger partial charge >= 0.3 is 0 Å². The van der Waals surface area contributed by atoms with Crippen molar-refractivity contribution in [3.8, 4) is 5.75 Å². The van der Waals surface area contributed by atoms with Crippen molar-refractivity contribution in [3.05, 3.63) is 42.0 Å². The largest absolute Gasteiger partial charge is 0.507 e. The molecule has 0 atom stereocenters. The molecule has 1 N–H and O–H groups in total. The molecule has 0 saturated carbocycles. The minimum atomic E-state index is 0.366. The zero-order valence-corrected chi connectivity index (χ0v) is 13.0. The summed E-state index contributed by atoms with van der Waals surface area (Å²) in [4.78, 5) is 0. The Bertz CT molecular complexity index is 527. The molecule has 104 valence electrons. The average Bonchev–Trinajstić information content (AvgIpc) is 2.26. The molecule has 0 bridgehead atoms. The highest BCUT2D eigenvalue weighted by atomic mass is 16.3. The van der Waals surface area contributed by atoms with Gasteiger partial charge in [0.1, 0.15) is 5.75 Å². The van der Waals surface area contributed by atoms with E-state index in [0.717, 1.165) is 10.8 Å². The highest BCUT2D eigenvalue weighted by molar-refractivity contribution is 5.90. The van der Waals surface area contributed by atoms with E-state index >= 15 is 0 Å². The maximum Gasteiger partial charge on any atom is 0.123 e. The number of phenolic OH excluding ortho intramolecular Hbond substituents is 1. The number of phenols is 1. The van der Waals surface area contributed by atoms with E-state index < -0.39 is 0 Å². The highest BCUT2D eigenvalue weighted by Crippen LogP contribution is 2.30. The summed E-state index contributed by atoms with van der Waals surface area (Å²) < 4.78 is 0. The Morgan fingerprint density at radius 1 is 0.842 bits per heavy atom. The number of benzene rings is 2. The summed E-state index contributed by atoms with van der Waals surface area (Å²) in [6.07, 6.45) is 0. The average molecular weight is 258 g/mol. The Hall–Kier alpha value is -1.50. The zero-order chi connectivity index (χ0) is 14.6. The molecule has 0 aliphatic carbocycles. The molecule has 19 heavy (non-hydrogen) atoms. The lowest BCUT2D eigenvalue weighted by Crippen LogP contribution is -1.93. The van der Waals surface area contributed by atoms with Crippen molar-refractivity contribution in [1.82, 2.24) is 0 Å². The third-order valence-electron chi connectivity index (χ3n) is 2.55. The number of aromatic hydroxyl groups is 1. The molecular weight excluding hydrogens is 232 g/mol. The summed E-state index contributed by atoms with van der Waals surface area (Å²) in [5, 5.41) is 11.8. The van der Waals surface area contributed by atoms with Crippen molar-refractivity contribution in [3.63, 3.8) is 0 Å². The predicted octanol–water partition coefficient (Wildman–Crippen LogP) is 5.72. The van der Waals surface area contributed by atoms with Gasteiger partial charge in [-0.05, 0) is 28.3 Å². The van der Waals surface area contributed by atoms with Gasteiger partial charge in [-0.25, -0.2) is 0 Å². The first-order chi connectivity index (χ1) is 8.70. The molecule has 0 amide bonds. The molecule has 2 rings (SSSR count). The molecular formula is C18H26O. The van der Waals surface area contributed by atoms with Gasteiger partial charge < -0.3 is 5.11 Å². The van der Waals surface area contributed by atoms with E-state index in [0.29, 0.717) is 17.1 Å². The summed E-state index contributed by atoms with van der Waals surface area (Å²) in [6.45, 7) is 13.1. The van der Waals surface area contributed by atoms with Crippen molar-refractivity contribution in [2.24, 2.45) is 5.41 Å². The van der Waals surface area contributed by atoms with Gasteiger partial charge in [0.2, 0.25) is 0 Å². The van der Waals surface area contributed by atoms with Crippen LogP contribution in [0.1, 0.15) is 53.0 Å². The van der Waals surface area contributed by atoms with Crippen LogP contribution in [0.2, 0.25) is 0 Å². The van der Waals surface area contributed by atoms with Crippen LogP contribution in [0.5, 0.6) is 5.75 Å². The molecule has 0 radical (unpaired) electrons. The summed E-state index contributed by atoms with van der Waals surface area (Å²) in [5.74, 6) is 0.852. The van der Waals surface area contributed by atoms with Gasteiger partial charge in [-0.15, -0.1) is 0 Å². The van der Waals surface area contributed by atoms with E-state index in [4.69, 9.17) is 0 Å². The summed E-state index contributed by atoms with van der Waals surface area (Å²) in [5.41, 5.74) is 1.79. The molecule has 1 nitrogen and oxygen atoms in total. The van der Waals surface area contributed by atoms with Gasteiger partial charge in [0.15, 0.2) is 0 Å². The molecule has 0 fully saturated rings. The van der Waals surface area contributed by atoms with Crippen LogP contribution in [0.3, 0.4) is 0 Å². The van der Waals surface area contributed by atoms with Gasteiger partial charge in [0.05, 0.1) is 0 Å². The lowest BCUT2D eigenvalue weighted by atomic mass is 9.96. The normalized spacial score (nSPS) is 11.3. The van der Waals surface area contributed by atoms with Crippen molar-refractivity contribution in [2.45, 2.75) is 47.5 Å². The Morgan fingerprint density at radius 3 is 1.84 bits per heavy atom. The van der Waals surface area contributed by atoms with Crippen molar-refractivity contribution < 1.29 is 5.11 Å². The van der Waals surface area contributed by atoms with E-state index in [2.05, 4.69) is 53.7 Å². The Balaban J connectivity index is 0.000000312. The molecule has 2 aromatic rings. The standard InChI is InChI=1S/C13H14O.C5H12/c1-9(2)10-5-3-7-12-11(10)6-4-8-13(12)14;1-5(2,3)4/h3-9,14H,1-2H3;1-4H3. The van der Waals surface area contributed by atoms with E-state index in [1.54, 1.807) is 6.07 Å². The topological polar surface area (TPSA) is 20.2 Å². The monoisotopic (exact) mass is 258 g/mol. The quantitative estimate of drug-likeness (QED) is 0.693. The van der Waals surface area contributed by atoms with Crippen LogP contribution in [0.15, 0.2) is 36.4 Å². The van der Waals surface area contributed by atoms with Crippen LogP contribution >= 0.6 is 0 Å². The van der Waals surface area contributed by atoms with Crippen molar-refractivity contribution in [2.75, 3.05) is 0 Å². The van der Waals surface area contributed by atoms with Crippen LogP contribution in [-0.4, -0.2) is 5.11 Å². The van der Waals surface area contributed by atoms with Crippen molar-refractivity contribution in [1.29, 1.82) is 0 Å². The van der Waals surface area contributed by atoms with Gasteiger partial charge in [-0.2, -0.15) is 0 Å². The first-order valence-electron chi connectivity index (χ1n) is 6.91. The van der Waals surface area contributed by atoms with E-state index in [1.807, 2.05) is 18.2 Å². The molecule has 0 aromatic heterocycles. The van der Waals surface area contributed by atoms with Gasteiger partial charge in [-0.1, -0.05) is 71.9 Å². The number of fused-ring (bicyclic) bond motifs is 1. The van der Waals surface area contributed by atoms with E-state index in [1.165, 1.54) is 5.56 Å². The van der Waals surface area contributed by atoms with E-state index in [-0.39, 0.29) is 0 Å². The van der Waals surface area contributed by atoms with Crippen LogP contribution in [-0.2, 0) is 0 Å². The van der Waals surface area contributed by atoms with E-state index in [9.17, 15) is 5.11 Å². The van der Waals surface area contributed by atoms with Gasteiger partial charge in [0.25, 0.3) is 0 Å². The maximum absolute atomic E-state index is 9.68. The maximum atomic E-state index is 9.68. The van der Waals surface area contributed by atoms with Crippen molar-refractivity contribution >= 4 is 10.8 Å². The number of hydrogen-bond donors (Lipinski definition) is 1. The SMILES string of the molecule is CC(C)(C)C.CC(C)c1cccc2c(O)cccc12. The fourth-order valence-corrected chi connectivity index (χ4v) is 1.82. The summed E-state index contributed by atoms with van der Waals surface area (Å²) >= 11 is 0. The molecule has 0 aliphatic heterocycles. The summed E-state index contributed by atoms with van der Waals surface area (Å²) in [6, 6.07) is 11.8. The first kappa shape index (κ1) is 15.6. The van der Waals surface area contributed by atoms with Crippen LogP contribution in [0.25, 0.3) is 10.8 Å². The van der Waals surface area contributed by atoms with Crippen LogP contribution in [0, 0.1) is 5.41 Å². The Labute approximate surface area is 117 Å². The Morgan fingerprint density at radius 2 is 1.32 bits per heavy atom. The van der Waals surface area contributed by atoms with Gasteiger partial charge in [-0.3, -0.25) is 0 Å². The molecule has 2 aromatic carbocycles. The molecule has 1 heteroatoms. The molecule has 0 saturated heterocycles. The zero-order valence-electron chi connectivity index (χ0n) is 13.0. The van der Waals surface area contributed by atoms with Gasteiger partial charge in [0, 0.05) is 5.39 Å². The molecule has 0 heterocycles. The van der Waals surface area contributed by atoms with Crippen LogP contribution < -0.4 is 0 Å². The minimum Gasteiger partial charge on any atom is -0.507 e.